The van der Waals surface area contributed by atoms with Crippen molar-refractivity contribution in [3.8, 4) is 123 Å². The van der Waals surface area contributed by atoms with Gasteiger partial charge < -0.3 is 20.4 Å². The van der Waals surface area contributed by atoms with Crippen LogP contribution in [0.5, 0.6) is 23.0 Å². The van der Waals surface area contributed by atoms with Crippen LogP contribution in [0.4, 0.5) is 0 Å². The van der Waals surface area contributed by atoms with Gasteiger partial charge in [0.05, 0.1) is 10.8 Å². The van der Waals surface area contributed by atoms with Crippen molar-refractivity contribution in [2.45, 2.75) is 10.8 Å². The van der Waals surface area contributed by atoms with Gasteiger partial charge >= 0.3 is 0 Å². The van der Waals surface area contributed by atoms with E-state index >= 15 is 0 Å². The monoisotopic (exact) mass is 1310 g/mol. The van der Waals surface area contributed by atoms with E-state index in [-0.39, 0.29) is 23.0 Å². The van der Waals surface area contributed by atoms with E-state index in [4.69, 9.17) is 0 Å². The molecule has 486 valence electrons. The first-order valence-electron chi connectivity index (χ1n) is 34.5. The molecule has 0 atom stereocenters. The van der Waals surface area contributed by atoms with Gasteiger partial charge in [-0.3, -0.25) is 0 Å². The summed E-state index contributed by atoms with van der Waals surface area (Å²) in [5, 5.41) is 48.4. The van der Waals surface area contributed by atoms with Gasteiger partial charge in [0.25, 0.3) is 0 Å². The van der Waals surface area contributed by atoms with Crippen molar-refractivity contribution in [3.63, 3.8) is 0 Å². The van der Waals surface area contributed by atoms with Crippen LogP contribution >= 0.6 is 0 Å². The van der Waals surface area contributed by atoms with Gasteiger partial charge in [-0.2, -0.15) is 0 Å². The number of rotatable bonds is 14. The fourth-order valence-electron chi connectivity index (χ4n) is 15.5. The van der Waals surface area contributed by atoms with Gasteiger partial charge in [0, 0.05) is 44.5 Å². The lowest BCUT2D eigenvalue weighted by Gasteiger charge is -2.38. The van der Waals surface area contributed by atoms with Crippen molar-refractivity contribution < 1.29 is 20.4 Å². The summed E-state index contributed by atoms with van der Waals surface area (Å²) in [7, 11) is 0. The molecule has 102 heavy (non-hydrogen) atoms. The summed E-state index contributed by atoms with van der Waals surface area (Å²) in [5.41, 5.74) is 22.5. The average Bonchev–Trinajstić information content (AvgIpc) is 1.46. The van der Waals surface area contributed by atoms with Crippen LogP contribution in [0.2, 0.25) is 0 Å². The third kappa shape index (κ3) is 11.4. The van der Waals surface area contributed by atoms with E-state index in [1.807, 2.05) is 206 Å². The van der Waals surface area contributed by atoms with Crippen molar-refractivity contribution in [2.75, 3.05) is 0 Å². The number of hydrogen-bond acceptors (Lipinski definition) is 4. The van der Waals surface area contributed by atoms with Gasteiger partial charge in [0.2, 0.25) is 0 Å². The highest BCUT2D eigenvalue weighted by Crippen LogP contribution is 2.60. The maximum absolute atomic E-state index is 12.1. The molecule has 0 bridgehead atoms. The molecule has 0 unspecified atom stereocenters. The highest BCUT2D eigenvalue weighted by Gasteiger charge is 2.48. The third-order valence-corrected chi connectivity index (χ3v) is 20.2. The smallest absolute Gasteiger partial charge is 0.131 e. The maximum atomic E-state index is 12.1. The second-order valence-corrected chi connectivity index (χ2v) is 25.9. The van der Waals surface area contributed by atoms with Crippen molar-refractivity contribution >= 4 is 0 Å². The molecular weight excluding hydrogens is 1240 g/mol. The minimum atomic E-state index is -0.885. The zero-order valence-corrected chi connectivity index (χ0v) is 55.9. The Hall–Kier alpha value is -13.3. The molecule has 0 saturated carbocycles. The number of phenols is 4. The highest BCUT2D eigenvalue weighted by atomic mass is 16.3. The van der Waals surface area contributed by atoms with Crippen LogP contribution in [-0.2, 0) is 10.8 Å². The van der Waals surface area contributed by atoms with Crippen LogP contribution in [0.15, 0.2) is 400 Å². The molecule has 0 heterocycles. The van der Waals surface area contributed by atoms with Crippen molar-refractivity contribution in [3.05, 3.63) is 445 Å². The van der Waals surface area contributed by atoms with E-state index < -0.39 is 10.8 Å². The minimum absolute atomic E-state index is 0.229. The molecule has 1 aliphatic rings. The summed E-state index contributed by atoms with van der Waals surface area (Å²) in [5.74, 6) is 0.941. The third-order valence-electron chi connectivity index (χ3n) is 20.2. The van der Waals surface area contributed by atoms with Gasteiger partial charge in [-0.15, -0.1) is 0 Å². The Morgan fingerprint density at radius 2 is 0.343 bits per heavy atom. The van der Waals surface area contributed by atoms with Crippen LogP contribution in [0.3, 0.4) is 0 Å². The van der Waals surface area contributed by atoms with Crippen LogP contribution in [0.1, 0.15) is 44.5 Å². The van der Waals surface area contributed by atoms with Gasteiger partial charge in [-0.25, -0.2) is 0 Å². The Kier molecular flexibility index (Phi) is 17.1. The van der Waals surface area contributed by atoms with E-state index in [9.17, 15) is 20.4 Å². The van der Waals surface area contributed by atoms with E-state index in [0.29, 0.717) is 0 Å². The molecule has 4 N–H and O–H groups in total. The fraction of sp³-hybridized carbons (Fsp3) is 0.0204. The standard InChI is InChI=1S/C49H34O2.C49H36O2/c50-47-41(33-17-5-1-6-18-33)29-37(30-42(47)34-19-7-2-8-20-34)49(45-27-15-13-25-39(45)40-26-14-16-28-46(40)49)38-31-43(35-21-9-3-10-22-35)48(51)44(32-38)36-23-11-4-12-24-36;50-47-43(35-19-7-1-8-20-35)31-41(32-44(47)36-21-9-2-10-22-36)49(39-27-15-5-16-28-39,40-29-17-6-18-30-40)42-33-45(37-23-11-3-12-24-37)48(51)46(34-42)38-25-13-4-14-26-38/h1-32,50-51H;1-34,50-51H. The summed E-state index contributed by atoms with van der Waals surface area (Å²) >= 11 is 0. The topological polar surface area (TPSA) is 80.9 Å². The minimum Gasteiger partial charge on any atom is -0.507 e. The predicted molar refractivity (Wildman–Crippen MR) is 419 cm³/mol. The Labute approximate surface area is 595 Å². The summed E-state index contributed by atoms with van der Waals surface area (Å²) in [6.07, 6.45) is 0. The van der Waals surface area contributed by atoms with Gasteiger partial charge in [0.15, 0.2) is 0 Å². The first kappa shape index (κ1) is 63.5. The SMILES string of the molecule is Oc1c(-c2ccccc2)cc(C(c2ccccc2)(c2ccccc2)c2cc(-c3ccccc3)c(O)c(-c3ccccc3)c2)cc1-c1ccccc1.Oc1c(-c2ccccc2)cc(C2(c3cc(-c4ccccc4)c(O)c(-c4ccccc4)c3)c3ccccc3-c3ccccc32)cc1-c1ccccc1. The molecule has 0 spiro atoms. The molecule has 17 rings (SSSR count). The first-order chi connectivity index (χ1) is 50.3. The summed E-state index contributed by atoms with van der Waals surface area (Å²) in [4.78, 5) is 0. The molecule has 4 heteroatoms. The Bertz CT molecular complexity index is 4760. The van der Waals surface area contributed by atoms with E-state index in [1.165, 1.54) is 11.1 Å². The van der Waals surface area contributed by atoms with Gasteiger partial charge in [-0.05, 0) is 149 Å². The van der Waals surface area contributed by atoms with E-state index in [1.54, 1.807) is 0 Å². The molecule has 0 aromatic heterocycles. The summed E-state index contributed by atoms with van der Waals surface area (Å²) in [6.45, 7) is 0. The molecule has 16 aromatic carbocycles. The number of aromatic hydroxyl groups is 4. The van der Waals surface area contributed by atoms with Crippen molar-refractivity contribution in [2.24, 2.45) is 0 Å². The Balaban J connectivity index is 0.000000158. The van der Waals surface area contributed by atoms with E-state index in [2.05, 4.69) is 194 Å². The van der Waals surface area contributed by atoms with Crippen LogP contribution < -0.4 is 0 Å². The molecule has 0 fully saturated rings. The lowest BCUT2D eigenvalue weighted by atomic mass is 9.63. The second-order valence-electron chi connectivity index (χ2n) is 25.9. The van der Waals surface area contributed by atoms with Crippen molar-refractivity contribution in [1.29, 1.82) is 0 Å². The molecule has 0 radical (unpaired) electrons. The number of hydrogen-bond donors (Lipinski definition) is 4. The number of phenolic OH excluding ortho intramolecular Hbond substituents is 4. The van der Waals surface area contributed by atoms with Crippen molar-refractivity contribution in [1.82, 2.24) is 0 Å². The van der Waals surface area contributed by atoms with E-state index in [0.717, 1.165) is 134 Å². The fourth-order valence-corrected chi connectivity index (χ4v) is 15.5. The first-order valence-corrected chi connectivity index (χ1v) is 34.5. The number of benzene rings is 16. The molecule has 16 aromatic rings. The molecule has 0 aliphatic heterocycles. The lowest BCUT2D eigenvalue weighted by molar-refractivity contribution is 0.478. The Morgan fingerprint density at radius 1 is 0.167 bits per heavy atom. The quantitative estimate of drug-likeness (QED) is 0.0818. The second kappa shape index (κ2) is 27.6. The summed E-state index contributed by atoms with van der Waals surface area (Å²) in [6, 6.07) is 137. The molecular formula is C98H70O4. The Morgan fingerprint density at radius 3 is 0.559 bits per heavy atom. The van der Waals surface area contributed by atoms with Gasteiger partial charge in [-0.1, -0.05) is 352 Å². The lowest BCUT2D eigenvalue weighted by Crippen LogP contribution is -2.31. The largest absolute Gasteiger partial charge is 0.507 e. The highest BCUT2D eigenvalue weighted by molar-refractivity contribution is 5.93. The molecule has 4 nitrogen and oxygen atoms in total. The zero-order valence-electron chi connectivity index (χ0n) is 55.9. The average molecular weight is 1310 g/mol. The zero-order chi connectivity index (χ0) is 69.0. The number of fused-ring (bicyclic) bond motifs is 3. The van der Waals surface area contributed by atoms with Crippen LogP contribution in [0, 0.1) is 0 Å². The van der Waals surface area contributed by atoms with Crippen LogP contribution in [0.25, 0.3) is 100 Å². The maximum Gasteiger partial charge on any atom is 0.131 e. The van der Waals surface area contributed by atoms with Crippen LogP contribution in [-0.4, -0.2) is 20.4 Å². The molecule has 1 aliphatic carbocycles. The van der Waals surface area contributed by atoms with Gasteiger partial charge in [0.1, 0.15) is 23.0 Å². The normalized spacial score (nSPS) is 12.0. The molecule has 0 saturated heterocycles. The summed E-state index contributed by atoms with van der Waals surface area (Å²) < 4.78 is 0. The molecule has 0 amide bonds. The predicted octanol–water partition coefficient (Wildman–Crippen LogP) is 24.3.